The monoisotopic (exact) mass is 495 g/mol. The van der Waals surface area contributed by atoms with Crippen molar-refractivity contribution < 1.29 is 17.5 Å². The SMILES string of the molecule is O=S(=O)(Nc1cccc(N2CCC(NC[C@@H]3OCCc4ccccc43)CC2)c1)c1ccc(F)cc1. The van der Waals surface area contributed by atoms with Gasteiger partial charge in [-0.05, 0) is 72.9 Å². The Morgan fingerprint density at radius 1 is 0.971 bits per heavy atom. The minimum absolute atomic E-state index is 0.0285. The van der Waals surface area contributed by atoms with Crippen molar-refractivity contribution in [2.75, 3.05) is 35.9 Å². The van der Waals surface area contributed by atoms with E-state index in [9.17, 15) is 12.8 Å². The highest BCUT2D eigenvalue weighted by Gasteiger charge is 2.24. The number of rotatable bonds is 7. The third kappa shape index (κ3) is 5.66. The van der Waals surface area contributed by atoms with Gasteiger partial charge in [0.25, 0.3) is 10.0 Å². The molecule has 6 nitrogen and oxygen atoms in total. The van der Waals surface area contributed by atoms with Gasteiger partial charge in [-0.3, -0.25) is 4.72 Å². The van der Waals surface area contributed by atoms with Gasteiger partial charge in [-0.2, -0.15) is 0 Å². The van der Waals surface area contributed by atoms with Crippen LogP contribution < -0.4 is 14.9 Å². The van der Waals surface area contributed by atoms with Gasteiger partial charge in [0.2, 0.25) is 0 Å². The molecule has 2 aliphatic rings. The molecule has 0 saturated carbocycles. The normalized spacial score (nSPS) is 18.8. The van der Waals surface area contributed by atoms with Crippen LogP contribution in [0.5, 0.6) is 0 Å². The number of piperidine rings is 1. The molecule has 8 heteroatoms. The summed E-state index contributed by atoms with van der Waals surface area (Å²) in [5.41, 5.74) is 4.14. The van der Waals surface area contributed by atoms with Crippen LogP contribution in [0, 0.1) is 5.82 Å². The second kappa shape index (κ2) is 10.4. The highest BCUT2D eigenvalue weighted by molar-refractivity contribution is 7.92. The van der Waals surface area contributed by atoms with Crippen molar-refractivity contribution in [2.24, 2.45) is 0 Å². The molecular weight excluding hydrogens is 465 g/mol. The van der Waals surface area contributed by atoms with Gasteiger partial charge in [-0.15, -0.1) is 0 Å². The summed E-state index contributed by atoms with van der Waals surface area (Å²) < 4.78 is 47.1. The van der Waals surface area contributed by atoms with Crippen LogP contribution in [0.4, 0.5) is 15.8 Å². The van der Waals surface area contributed by atoms with Crippen molar-refractivity contribution >= 4 is 21.4 Å². The number of nitrogens with one attached hydrogen (secondary N) is 2. The Bertz CT molecular complexity index is 1260. The Morgan fingerprint density at radius 2 is 1.74 bits per heavy atom. The van der Waals surface area contributed by atoms with E-state index < -0.39 is 15.8 Å². The summed E-state index contributed by atoms with van der Waals surface area (Å²) >= 11 is 0. The number of fused-ring (bicyclic) bond motifs is 1. The van der Waals surface area contributed by atoms with Gasteiger partial charge in [0.15, 0.2) is 0 Å². The molecule has 1 saturated heterocycles. The van der Waals surface area contributed by atoms with Crippen molar-refractivity contribution in [2.45, 2.75) is 36.3 Å². The zero-order valence-electron chi connectivity index (χ0n) is 19.5. The van der Waals surface area contributed by atoms with Crippen molar-refractivity contribution in [3.05, 3.63) is 89.7 Å². The maximum absolute atomic E-state index is 13.2. The lowest BCUT2D eigenvalue weighted by Gasteiger charge is -2.35. The van der Waals surface area contributed by atoms with Crippen molar-refractivity contribution in [3.8, 4) is 0 Å². The fourth-order valence-electron chi connectivity index (χ4n) is 4.86. The first-order chi connectivity index (χ1) is 17.0. The Morgan fingerprint density at radius 3 is 2.54 bits per heavy atom. The summed E-state index contributed by atoms with van der Waals surface area (Å²) in [6.45, 7) is 3.34. The molecule has 2 heterocycles. The topological polar surface area (TPSA) is 70.7 Å². The van der Waals surface area contributed by atoms with Crippen LogP contribution in [-0.2, 0) is 21.2 Å². The van der Waals surface area contributed by atoms with Crippen LogP contribution >= 0.6 is 0 Å². The molecule has 35 heavy (non-hydrogen) atoms. The van der Waals surface area contributed by atoms with E-state index in [-0.39, 0.29) is 11.0 Å². The first kappa shape index (κ1) is 23.8. The molecule has 0 bridgehead atoms. The molecule has 3 aromatic carbocycles. The van der Waals surface area contributed by atoms with E-state index in [4.69, 9.17) is 4.74 Å². The molecule has 0 aliphatic carbocycles. The van der Waals surface area contributed by atoms with Crippen LogP contribution in [0.15, 0.2) is 77.7 Å². The van der Waals surface area contributed by atoms with Crippen molar-refractivity contribution in [3.63, 3.8) is 0 Å². The van der Waals surface area contributed by atoms with Crippen molar-refractivity contribution in [1.82, 2.24) is 5.32 Å². The summed E-state index contributed by atoms with van der Waals surface area (Å²) in [5.74, 6) is -0.472. The van der Waals surface area contributed by atoms with Gasteiger partial charge in [-0.1, -0.05) is 30.3 Å². The van der Waals surface area contributed by atoms with E-state index in [1.54, 1.807) is 6.07 Å². The van der Waals surface area contributed by atoms with E-state index in [2.05, 4.69) is 39.2 Å². The van der Waals surface area contributed by atoms with E-state index in [0.29, 0.717) is 11.7 Å². The van der Waals surface area contributed by atoms with Crippen molar-refractivity contribution in [1.29, 1.82) is 0 Å². The number of halogens is 1. The van der Waals surface area contributed by atoms with Crippen LogP contribution in [0.1, 0.15) is 30.1 Å². The standard InChI is InChI=1S/C27H30FN3O3S/c28-21-8-10-25(11-9-21)35(32,33)30-23-5-3-6-24(18-23)31-15-12-22(13-16-31)29-19-27-26-7-2-1-4-20(26)14-17-34-27/h1-11,18,22,27,29-30H,12-17,19H2/t27-/m0/s1. The van der Waals surface area contributed by atoms with Crippen LogP contribution in [-0.4, -0.2) is 40.7 Å². The number of benzene rings is 3. The lowest BCUT2D eigenvalue weighted by Crippen LogP contribution is -2.44. The molecule has 3 aromatic rings. The first-order valence-electron chi connectivity index (χ1n) is 12.0. The summed E-state index contributed by atoms with van der Waals surface area (Å²) in [4.78, 5) is 2.31. The van der Waals surface area contributed by atoms with E-state index in [1.807, 2.05) is 18.2 Å². The predicted molar refractivity (Wildman–Crippen MR) is 136 cm³/mol. The highest BCUT2D eigenvalue weighted by atomic mass is 32.2. The van der Waals surface area contributed by atoms with Gasteiger partial charge in [-0.25, -0.2) is 12.8 Å². The lowest BCUT2D eigenvalue weighted by molar-refractivity contribution is 0.0401. The maximum Gasteiger partial charge on any atom is 0.261 e. The van der Waals surface area contributed by atoms with Crippen LogP contribution in [0.3, 0.4) is 0 Å². The summed E-state index contributed by atoms with van der Waals surface area (Å²) in [6.07, 6.45) is 3.08. The fourth-order valence-corrected chi connectivity index (χ4v) is 5.90. The number of hydrogen-bond acceptors (Lipinski definition) is 5. The highest BCUT2D eigenvalue weighted by Crippen LogP contribution is 2.28. The van der Waals surface area contributed by atoms with Crippen LogP contribution in [0.2, 0.25) is 0 Å². The Balaban J connectivity index is 1.16. The van der Waals surface area contributed by atoms with E-state index >= 15 is 0 Å². The van der Waals surface area contributed by atoms with E-state index in [0.717, 1.165) is 63.3 Å². The van der Waals surface area contributed by atoms with Gasteiger partial charge in [0.05, 0.1) is 23.3 Å². The predicted octanol–water partition coefficient (Wildman–Crippen LogP) is 4.50. The lowest BCUT2D eigenvalue weighted by atomic mass is 9.97. The molecule has 5 rings (SSSR count). The molecule has 0 radical (unpaired) electrons. The molecule has 0 amide bonds. The Hall–Kier alpha value is -2.94. The van der Waals surface area contributed by atoms with Crippen LogP contribution in [0.25, 0.3) is 0 Å². The number of ether oxygens (including phenoxy) is 1. The molecule has 0 spiro atoms. The average Bonchev–Trinajstić information content (AvgIpc) is 2.88. The molecule has 184 valence electrons. The second-order valence-electron chi connectivity index (χ2n) is 9.09. The minimum Gasteiger partial charge on any atom is -0.372 e. The second-order valence-corrected chi connectivity index (χ2v) is 10.8. The maximum atomic E-state index is 13.2. The third-order valence-electron chi connectivity index (χ3n) is 6.77. The quantitative estimate of drug-likeness (QED) is 0.505. The first-order valence-corrected chi connectivity index (χ1v) is 13.5. The zero-order chi connectivity index (χ0) is 24.3. The molecule has 0 aromatic heterocycles. The number of hydrogen-bond donors (Lipinski definition) is 2. The molecule has 2 aliphatic heterocycles. The zero-order valence-corrected chi connectivity index (χ0v) is 20.3. The van der Waals surface area contributed by atoms with Gasteiger partial charge in [0, 0.05) is 31.4 Å². The fraction of sp³-hybridized carbons (Fsp3) is 0.333. The largest absolute Gasteiger partial charge is 0.372 e. The molecule has 1 fully saturated rings. The summed E-state index contributed by atoms with van der Waals surface area (Å²) in [6, 6.07) is 21.2. The molecular formula is C27H30FN3O3S. The molecule has 0 unspecified atom stereocenters. The Kier molecular flexibility index (Phi) is 7.04. The van der Waals surface area contributed by atoms with Gasteiger partial charge >= 0.3 is 0 Å². The molecule has 2 N–H and O–H groups in total. The average molecular weight is 496 g/mol. The summed E-state index contributed by atoms with van der Waals surface area (Å²) in [7, 11) is -3.78. The number of nitrogens with zero attached hydrogens (tertiary/aromatic N) is 1. The number of sulfonamides is 1. The minimum atomic E-state index is -3.78. The Labute approximate surface area is 206 Å². The number of anilines is 2. The van der Waals surface area contributed by atoms with E-state index in [1.165, 1.54) is 23.3 Å². The van der Waals surface area contributed by atoms with Gasteiger partial charge < -0.3 is 15.0 Å². The third-order valence-corrected chi connectivity index (χ3v) is 8.16. The summed E-state index contributed by atoms with van der Waals surface area (Å²) in [5, 5.41) is 3.70. The molecule has 1 atom stereocenters. The smallest absolute Gasteiger partial charge is 0.261 e. The van der Waals surface area contributed by atoms with Gasteiger partial charge in [0.1, 0.15) is 5.82 Å².